The molecule has 1 N–H and O–H groups in total. The summed E-state index contributed by atoms with van der Waals surface area (Å²) in [4.78, 5) is 12.1. The molecule has 3 atom stereocenters. The van der Waals surface area contributed by atoms with Gasteiger partial charge in [-0.3, -0.25) is 4.79 Å². The number of nitrogens with one attached hydrogen (secondary N) is 1. The zero-order chi connectivity index (χ0) is 13.0. The molecule has 0 aromatic carbocycles. The molecule has 0 spiro atoms. The molecule has 3 heteroatoms. The Labute approximate surface area is 111 Å². The zero-order valence-electron chi connectivity index (χ0n) is 11.8. The molecule has 2 rings (SSSR count). The standard InChI is InChI=1S/C15H27NO2/c1-11-5-3-6-12(2)15(11)16-14(17)9-13-7-4-8-18-10-13/h11-13,15H,3-10H2,1-2H3,(H,16,17)/t11-,12-,13-/m1/s1. The summed E-state index contributed by atoms with van der Waals surface area (Å²) >= 11 is 0. The van der Waals surface area contributed by atoms with Crippen molar-refractivity contribution >= 4 is 5.91 Å². The van der Waals surface area contributed by atoms with Gasteiger partial charge < -0.3 is 10.1 Å². The number of carbonyl (C=O) groups is 1. The van der Waals surface area contributed by atoms with Gasteiger partial charge in [-0.05, 0) is 43.4 Å². The lowest BCUT2D eigenvalue weighted by atomic mass is 9.78. The van der Waals surface area contributed by atoms with E-state index in [9.17, 15) is 4.79 Å². The van der Waals surface area contributed by atoms with Gasteiger partial charge in [-0.15, -0.1) is 0 Å². The number of ether oxygens (including phenoxy) is 1. The van der Waals surface area contributed by atoms with Crippen LogP contribution in [0.2, 0.25) is 0 Å². The fourth-order valence-electron chi connectivity index (χ4n) is 3.44. The van der Waals surface area contributed by atoms with Gasteiger partial charge in [0, 0.05) is 25.7 Å². The molecule has 18 heavy (non-hydrogen) atoms. The first-order chi connectivity index (χ1) is 8.66. The van der Waals surface area contributed by atoms with Crippen molar-refractivity contribution in [3.63, 3.8) is 0 Å². The number of carbonyl (C=O) groups excluding carboxylic acids is 1. The molecule has 104 valence electrons. The molecule has 2 aliphatic rings. The van der Waals surface area contributed by atoms with Crippen LogP contribution < -0.4 is 5.32 Å². The van der Waals surface area contributed by atoms with Crippen LogP contribution in [0.5, 0.6) is 0 Å². The topological polar surface area (TPSA) is 38.3 Å². The van der Waals surface area contributed by atoms with Crippen LogP contribution in [-0.2, 0) is 9.53 Å². The minimum Gasteiger partial charge on any atom is -0.381 e. The van der Waals surface area contributed by atoms with Crippen LogP contribution in [-0.4, -0.2) is 25.2 Å². The highest BCUT2D eigenvalue weighted by molar-refractivity contribution is 5.76. The second-order valence-corrected chi connectivity index (χ2v) is 6.27. The van der Waals surface area contributed by atoms with E-state index in [1.54, 1.807) is 0 Å². The number of amides is 1. The number of hydrogen-bond donors (Lipinski definition) is 1. The van der Waals surface area contributed by atoms with E-state index in [-0.39, 0.29) is 5.91 Å². The molecular formula is C15H27NO2. The molecule has 1 amide bonds. The zero-order valence-corrected chi connectivity index (χ0v) is 11.8. The van der Waals surface area contributed by atoms with Crippen molar-refractivity contribution in [2.45, 2.75) is 58.4 Å². The summed E-state index contributed by atoms with van der Waals surface area (Å²) in [6.45, 7) is 6.17. The summed E-state index contributed by atoms with van der Waals surface area (Å²) in [7, 11) is 0. The van der Waals surface area contributed by atoms with E-state index in [0.29, 0.717) is 30.2 Å². The predicted octanol–water partition coefficient (Wildman–Crippen LogP) is 2.74. The summed E-state index contributed by atoms with van der Waals surface area (Å²) in [6.07, 6.45) is 6.71. The van der Waals surface area contributed by atoms with E-state index in [2.05, 4.69) is 19.2 Å². The molecule has 1 aliphatic carbocycles. The van der Waals surface area contributed by atoms with Crippen molar-refractivity contribution in [3.8, 4) is 0 Å². The Morgan fingerprint density at radius 1 is 1.17 bits per heavy atom. The highest BCUT2D eigenvalue weighted by Gasteiger charge is 2.29. The van der Waals surface area contributed by atoms with Gasteiger partial charge >= 0.3 is 0 Å². The Kier molecular flexibility index (Phi) is 5.04. The van der Waals surface area contributed by atoms with Gasteiger partial charge in [0.15, 0.2) is 0 Å². The minimum absolute atomic E-state index is 0.233. The van der Waals surface area contributed by atoms with Gasteiger partial charge in [-0.1, -0.05) is 20.3 Å². The van der Waals surface area contributed by atoms with Crippen LogP contribution in [0.3, 0.4) is 0 Å². The van der Waals surface area contributed by atoms with E-state index in [1.165, 1.54) is 19.3 Å². The fourth-order valence-corrected chi connectivity index (χ4v) is 3.44. The Hall–Kier alpha value is -0.570. The first-order valence-electron chi connectivity index (χ1n) is 7.54. The third-order valence-electron chi connectivity index (χ3n) is 4.60. The van der Waals surface area contributed by atoms with Gasteiger partial charge in [0.1, 0.15) is 0 Å². The van der Waals surface area contributed by atoms with Crippen LogP contribution in [0.4, 0.5) is 0 Å². The lowest BCUT2D eigenvalue weighted by Gasteiger charge is -2.35. The Morgan fingerprint density at radius 3 is 2.50 bits per heavy atom. The third-order valence-corrected chi connectivity index (χ3v) is 4.60. The molecule has 0 aromatic rings. The lowest BCUT2D eigenvalue weighted by molar-refractivity contribution is -0.124. The second kappa shape index (κ2) is 6.55. The molecular weight excluding hydrogens is 226 g/mol. The monoisotopic (exact) mass is 253 g/mol. The molecule has 3 nitrogen and oxygen atoms in total. The van der Waals surface area contributed by atoms with Gasteiger partial charge in [0.05, 0.1) is 0 Å². The molecule has 1 saturated heterocycles. The average molecular weight is 253 g/mol. The predicted molar refractivity (Wildman–Crippen MR) is 72.3 cm³/mol. The van der Waals surface area contributed by atoms with Crippen molar-refractivity contribution in [2.24, 2.45) is 17.8 Å². The van der Waals surface area contributed by atoms with E-state index >= 15 is 0 Å². The van der Waals surface area contributed by atoms with Gasteiger partial charge in [-0.2, -0.15) is 0 Å². The van der Waals surface area contributed by atoms with Crippen LogP contribution in [0.25, 0.3) is 0 Å². The van der Waals surface area contributed by atoms with Crippen molar-refractivity contribution in [1.29, 1.82) is 0 Å². The molecule has 0 aromatic heterocycles. The molecule has 2 fully saturated rings. The van der Waals surface area contributed by atoms with E-state index in [4.69, 9.17) is 4.74 Å². The maximum absolute atomic E-state index is 12.1. The summed E-state index contributed by atoms with van der Waals surface area (Å²) in [6, 6.07) is 0.385. The van der Waals surface area contributed by atoms with E-state index in [1.807, 2.05) is 0 Å². The highest BCUT2D eigenvalue weighted by Crippen LogP contribution is 2.29. The first kappa shape index (κ1) is 13.9. The van der Waals surface area contributed by atoms with Crippen LogP contribution in [0.1, 0.15) is 52.4 Å². The second-order valence-electron chi connectivity index (χ2n) is 6.27. The highest BCUT2D eigenvalue weighted by atomic mass is 16.5. The summed E-state index contributed by atoms with van der Waals surface area (Å²) in [5.41, 5.74) is 0. The Balaban J connectivity index is 1.78. The van der Waals surface area contributed by atoms with Crippen molar-refractivity contribution in [3.05, 3.63) is 0 Å². The SMILES string of the molecule is C[C@@H]1CCC[C@@H](C)C1NC(=O)C[C@H]1CCCOC1. The number of rotatable bonds is 3. The lowest BCUT2D eigenvalue weighted by Crippen LogP contribution is -2.46. The molecule has 1 aliphatic heterocycles. The average Bonchev–Trinajstić information content (AvgIpc) is 2.35. The van der Waals surface area contributed by atoms with E-state index in [0.717, 1.165) is 26.1 Å². The van der Waals surface area contributed by atoms with Crippen LogP contribution in [0, 0.1) is 17.8 Å². The summed E-state index contributed by atoms with van der Waals surface area (Å²) in [5.74, 6) is 1.92. The molecule has 1 saturated carbocycles. The maximum atomic E-state index is 12.1. The Morgan fingerprint density at radius 2 is 1.89 bits per heavy atom. The molecule has 0 radical (unpaired) electrons. The van der Waals surface area contributed by atoms with E-state index < -0.39 is 0 Å². The van der Waals surface area contributed by atoms with Crippen LogP contribution in [0.15, 0.2) is 0 Å². The van der Waals surface area contributed by atoms with Gasteiger partial charge in [0.2, 0.25) is 5.91 Å². The fraction of sp³-hybridized carbons (Fsp3) is 0.933. The number of hydrogen-bond acceptors (Lipinski definition) is 2. The summed E-state index contributed by atoms with van der Waals surface area (Å²) in [5, 5.41) is 3.27. The largest absolute Gasteiger partial charge is 0.381 e. The molecule has 1 heterocycles. The van der Waals surface area contributed by atoms with Crippen molar-refractivity contribution in [1.82, 2.24) is 5.32 Å². The normalized spacial score (nSPS) is 34.2. The van der Waals surface area contributed by atoms with Crippen molar-refractivity contribution in [2.75, 3.05) is 13.2 Å². The summed E-state index contributed by atoms with van der Waals surface area (Å²) < 4.78 is 5.44. The minimum atomic E-state index is 0.233. The molecule has 0 unspecified atom stereocenters. The first-order valence-corrected chi connectivity index (χ1v) is 7.54. The smallest absolute Gasteiger partial charge is 0.220 e. The maximum Gasteiger partial charge on any atom is 0.220 e. The van der Waals surface area contributed by atoms with Crippen LogP contribution >= 0.6 is 0 Å². The quantitative estimate of drug-likeness (QED) is 0.840. The molecule has 0 bridgehead atoms. The third kappa shape index (κ3) is 3.71. The van der Waals surface area contributed by atoms with Gasteiger partial charge in [-0.25, -0.2) is 0 Å². The Bertz CT molecular complexity index is 264. The van der Waals surface area contributed by atoms with Crippen molar-refractivity contribution < 1.29 is 9.53 Å². The van der Waals surface area contributed by atoms with Gasteiger partial charge in [0.25, 0.3) is 0 Å².